The van der Waals surface area contributed by atoms with Gasteiger partial charge in [0.2, 0.25) is 5.91 Å². The van der Waals surface area contributed by atoms with Crippen LogP contribution in [0, 0.1) is 0 Å². The molecule has 1 aliphatic heterocycles. The monoisotopic (exact) mass is 361 g/mol. The molecule has 0 saturated carbocycles. The second-order valence-corrected chi connectivity index (χ2v) is 8.12. The van der Waals surface area contributed by atoms with E-state index in [1.165, 1.54) is 0 Å². The smallest absolute Gasteiger partial charge is 0.416 e. The van der Waals surface area contributed by atoms with Gasteiger partial charge in [0.05, 0.1) is 6.04 Å². The molecule has 6 heteroatoms. The fourth-order valence-corrected chi connectivity index (χ4v) is 3.27. The van der Waals surface area contributed by atoms with Gasteiger partial charge in [-0.3, -0.25) is 9.69 Å². The van der Waals surface area contributed by atoms with Gasteiger partial charge in [-0.1, -0.05) is 6.07 Å². The highest BCUT2D eigenvalue weighted by atomic mass is 16.6. The van der Waals surface area contributed by atoms with Gasteiger partial charge in [0.15, 0.2) is 0 Å². The Bertz CT molecular complexity index is 635. The molecule has 0 N–H and O–H groups in total. The number of rotatable bonds is 3. The van der Waals surface area contributed by atoms with Gasteiger partial charge in [-0.15, -0.1) is 0 Å². The number of likely N-dealkylation sites (tertiary alicyclic amines) is 1. The molecule has 0 radical (unpaired) electrons. The maximum Gasteiger partial charge on any atom is 0.416 e. The lowest BCUT2D eigenvalue weighted by molar-refractivity contribution is -0.132. The van der Waals surface area contributed by atoms with Crippen LogP contribution in [0.2, 0.25) is 0 Å². The molecule has 1 atom stereocenters. The van der Waals surface area contributed by atoms with Crippen molar-refractivity contribution in [1.29, 1.82) is 0 Å². The molecule has 1 aromatic heterocycles. The average Bonchev–Trinajstić information content (AvgIpc) is 2.53. The third-order valence-electron chi connectivity index (χ3n) is 4.42. The Balaban J connectivity index is 2.23. The predicted octanol–water partition coefficient (Wildman–Crippen LogP) is 4.31. The highest BCUT2D eigenvalue weighted by Gasteiger charge is 2.28. The number of pyridine rings is 1. The number of piperidine rings is 1. The number of anilines is 1. The normalized spacial score (nSPS) is 18.0. The summed E-state index contributed by atoms with van der Waals surface area (Å²) in [6.07, 6.45) is 4.46. The zero-order valence-electron chi connectivity index (χ0n) is 16.8. The quantitative estimate of drug-likeness (QED) is 0.805. The Kier molecular flexibility index (Phi) is 6.26. The van der Waals surface area contributed by atoms with Crippen LogP contribution in [0.4, 0.5) is 10.6 Å². The van der Waals surface area contributed by atoms with E-state index in [2.05, 4.69) is 4.98 Å². The maximum atomic E-state index is 12.5. The highest BCUT2D eigenvalue weighted by molar-refractivity contribution is 5.87. The summed E-state index contributed by atoms with van der Waals surface area (Å²) in [6, 6.07) is 3.80. The number of amides is 2. The third kappa shape index (κ3) is 4.96. The van der Waals surface area contributed by atoms with Crippen LogP contribution in [-0.4, -0.2) is 40.1 Å². The van der Waals surface area contributed by atoms with Crippen molar-refractivity contribution in [3.05, 3.63) is 23.9 Å². The second-order valence-electron chi connectivity index (χ2n) is 8.12. The minimum absolute atomic E-state index is 0.0665. The molecule has 0 bridgehead atoms. The van der Waals surface area contributed by atoms with Crippen LogP contribution >= 0.6 is 0 Å². The van der Waals surface area contributed by atoms with Crippen LogP contribution < -0.4 is 4.90 Å². The van der Waals surface area contributed by atoms with Gasteiger partial charge in [-0.2, -0.15) is 0 Å². The highest BCUT2D eigenvalue weighted by Crippen LogP contribution is 2.31. The van der Waals surface area contributed by atoms with E-state index in [1.54, 1.807) is 18.0 Å². The minimum Gasteiger partial charge on any atom is -0.443 e. The van der Waals surface area contributed by atoms with Crippen LogP contribution in [0.25, 0.3) is 0 Å². The molecule has 0 aromatic carbocycles. The first-order chi connectivity index (χ1) is 12.1. The molecule has 26 heavy (non-hydrogen) atoms. The van der Waals surface area contributed by atoms with Crippen LogP contribution in [0.5, 0.6) is 0 Å². The molecule has 6 nitrogen and oxygen atoms in total. The van der Waals surface area contributed by atoms with E-state index >= 15 is 0 Å². The SMILES string of the molecule is CC(=O)N1CCCC[C@H]1c1ccc(N(C(=O)OC(C)(C)C)C(C)C)nc1. The first-order valence-corrected chi connectivity index (χ1v) is 9.35. The van der Waals surface area contributed by atoms with Gasteiger partial charge >= 0.3 is 6.09 Å². The summed E-state index contributed by atoms with van der Waals surface area (Å²) >= 11 is 0. The second kappa shape index (κ2) is 8.06. The summed E-state index contributed by atoms with van der Waals surface area (Å²) in [4.78, 5) is 32.4. The zero-order chi connectivity index (χ0) is 19.5. The Morgan fingerprint density at radius 1 is 1.27 bits per heavy atom. The molecule has 0 spiro atoms. The van der Waals surface area contributed by atoms with Crippen molar-refractivity contribution in [2.24, 2.45) is 0 Å². The third-order valence-corrected chi connectivity index (χ3v) is 4.42. The van der Waals surface area contributed by atoms with E-state index in [0.717, 1.165) is 31.4 Å². The van der Waals surface area contributed by atoms with E-state index in [0.29, 0.717) is 5.82 Å². The molecule has 2 heterocycles. The summed E-state index contributed by atoms with van der Waals surface area (Å²) in [5.41, 5.74) is 0.449. The molecule has 2 amide bonds. The standard InChI is InChI=1S/C20H31N3O3/c1-14(2)23(19(25)26-20(4,5)6)18-11-10-16(13-21-18)17-9-7-8-12-22(17)15(3)24/h10-11,13-14,17H,7-9,12H2,1-6H3/t17-/m0/s1. The Hall–Kier alpha value is -2.11. The first kappa shape index (κ1) is 20.2. The van der Waals surface area contributed by atoms with Crippen molar-refractivity contribution in [3.63, 3.8) is 0 Å². The van der Waals surface area contributed by atoms with Crippen molar-refractivity contribution in [2.75, 3.05) is 11.4 Å². The zero-order valence-corrected chi connectivity index (χ0v) is 16.8. The summed E-state index contributed by atoms with van der Waals surface area (Å²) in [5, 5.41) is 0. The lowest BCUT2D eigenvalue weighted by atomic mass is 9.96. The van der Waals surface area contributed by atoms with Crippen molar-refractivity contribution < 1.29 is 14.3 Å². The number of hydrogen-bond donors (Lipinski definition) is 0. The van der Waals surface area contributed by atoms with Gasteiger partial charge in [0.25, 0.3) is 0 Å². The molecule has 1 saturated heterocycles. The first-order valence-electron chi connectivity index (χ1n) is 9.35. The van der Waals surface area contributed by atoms with E-state index in [9.17, 15) is 9.59 Å². The van der Waals surface area contributed by atoms with Crippen molar-refractivity contribution >= 4 is 17.8 Å². The molecular weight excluding hydrogens is 330 g/mol. The van der Waals surface area contributed by atoms with Crippen molar-refractivity contribution in [1.82, 2.24) is 9.88 Å². The Morgan fingerprint density at radius 2 is 1.96 bits per heavy atom. The number of nitrogens with zero attached hydrogens (tertiary/aromatic N) is 3. The number of carbonyl (C=O) groups is 2. The fraction of sp³-hybridized carbons (Fsp3) is 0.650. The number of carbonyl (C=O) groups excluding carboxylic acids is 2. The van der Waals surface area contributed by atoms with Crippen molar-refractivity contribution in [3.8, 4) is 0 Å². The lowest BCUT2D eigenvalue weighted by Crippen LogP contribution is -2.41. The molecule has 1 aromatic rings. The maximum absolute atomic E-state index is 12.5. The number of hydrogen-bond acceptors (Lipinski definition) is 4. The molecule has 1 fully saturated rings. The van der Waals surface area contributed by atoms with Crippen LogP contribution in [-0.2, 0) is 9.53 Å². The van der Waals surface area contributed by atoms with Gasteiger partial charge in [-0.05, 0) is 65.5 Å². The number of aromatic nitrogens is 1. The summed E-state index contributed by atoms with van der Waals surface area (Å²) < 4.78 is 5.50. The topological polar surface area (TPSA) is 62.7 Å². The molecule has 2 rings (SSSR count). The van der Waals surface area contributed by atoms with Crippen LogP contribution in [0.1, 0.15) is 72.4 Å². The molecule has 1 aliphatic rings. The van der Waals surface area contributed by atoms with Gasteiger partial charge < -0.3 is 9.64 Å². The van der Waals surface area contributed by atoms with Gasteiger partial charge in [-0.25, -0.2) is 9.78 Å². The van der Waals surface area contributed by atoms with Crippen LogP contribution in [0.3, 0.4) is 0 Å². The Labute approximate surface area is 156 Å². The van der Waals surface area contributed by atoms with Crippen LogP contribution in [0.15, 0.2) is 18.3 Å². The van der Waals surface area contributed by atoms with E-state index < -0.39 is 11.7 Å². The van der Waals surface area contributed by atoms with Gasteiger partial charge in [0, 0.05) is 25.7 Å². The summed E-state index contributed by atoms with van der Waals surface area (Å²) in [5.74, 6) is 0.652. The molecule has 0 aliphatic carbocycles. The van der Waals surface area contributed by atoms with E-state index in [-0.39, 0.29) is 18.0 Å². The van der Waals surface area contributed by atoms with E-state index in [4.69, 9.17) is 4.74 Å². The minimum atomic E-state index is -0.561. The molecular formula is C20H31N3O3. The predicted molar refractivity (Wildman–Crippen MR) is 102 cm³/mol. The average molecular weight is 361 g/mol. The largest absolute Gasteiger partial charge is 0.443 e. The summed E-state index contributed by atoms with van der Waals surface area (Å²) in [7, 11) is 0. The van der Waals surface area contributed by atoms with E-state index in [1.807, 2.05) is 51.7 Å². The molecule has 144 valence electrons. The summed E-state index contributed by atoms with van der Waals surface area (Å²) in [6.45, 7) is 11.8. The Morgan fingerprint density at radius 3 is 2.46 bits per heavy atom. The molecule has 0 unspecified atom stereocenters. The van der Waals surface area contributed by atoms with Crippen molar-refractivity contribution in [2.45, 2.75) is 78.5 Å². The lowest BCUT2D eigenvalue weighted by Gasteiger charge is -2.35. The fourth-order valence-electron chi connectivity index (χ4n) is 3.27. The van der Waals surface area contributed by atoms with Gasteiger partial charge in [0.1, 0.15) is 11.4 Å². The number of ether oxygens (including phenoxy) is 1.